The van der Waals surface area contributed by atoms with Crippen molar-refractivity contribution in [2.45, 2.75) is 75.5 Å². The van der Waals surface area contributed by atoms with Gasteiger partial charge in [0.1, 0.15) is 29.3 Å². The number of aromatic nitrogens is 4. The van der Waals surface area contributed by atoms with Crippen LogP contribution in [0.15, 0.2) is 36.7 Å². The van der Waals surface area contributed by atoms with Crippen molar-refractivity contribution in [1.82, 2.24) is 29.7 Å². The van der Waals surface area contributed by atoms with Crippen molar-refractivity contribution in [1.29, 1.82) is 0 Å². The van der Waals surface area contributed by atoms with E-state index in [2.05, 4.69) is 20.3 Å². The van der Waals surface area contributed by atoms with Crippen molar-refractivity contribution in [2.24, 2.45) is 5.92 Å². The van der Waals surface area contributed by atoms with Gasteiger partial charge in [-0.2, -0.15) is 0 Å². The fourth-order valence-electron chi connectivity index (χ4n) is 5.51. The molecule has 13 heteroatoms. The number of nitrogens with zero attached hydrogens (tertiary/aromatic N) is 5. The number of aryl methyl sites for hydroxylation is 1. The van der Waals surface area contributed by atoms with E-state index in [0.29, 0.717) is 48.2 Å². The predicted octanol–water partition coefficient (Wildman–Crippen LogP) is 1.54. The zero-order valence-electron chi connectivity index (χ0n) is 22.6. The number of hydrogen-bond acceptors (Lipinski definition) is 10. The molecule has 3 fully saturated rings. The Morgan fingerprint density at radius 2 is 1.83 bits per heavy atom. The Balaban J connectivity index is 1.04. The molecule has 4 heterocycles. The molecule has 1 aliphatic carbocycles. The van der Waals surface area contributed by atoms with Crippen molar-refractivity contribution in [2.75, 3.05) is 18.8 Å². The number of fused-ring (bicyclic) bond motifs is 1. The van der Waals surface area contributed by atoms with Gasteiger partial charge in [0.25, 0.3) is 5.91 Å². The van der Waals surface area contributed by atoms with Crippen LogP contribution in [0.3, 0.4) is 0 Å². The number of nitrogen functional groups attached to an aromatic ring is 1. The number of imidazole rings is 1. The molecule has 3 aromatic rings. The van der Waals surface area contributed by atoms with Crippen molar-refractivity contribution in [3.05, 3.63) is 42.5 Å². The third-order valence-electron chi connectivity index (χ3n) is 8.02. The first-order valence-corrected chi connectivity index (χ1v) is 14.2. The van der Waals surface area contributed by atoms with E-state index >= 15 is 0 Å². The minimum atomic E-state index is -1.39. The number of rotatable bonds is 8. The number of piperidine rings is 1. The number of hydrogen-bond donors (Lipinski definition) is 4. The molecule has 2 aliphatic heterocycles. The number of benzene rings is 1. The fraction of sp³-hybridized carbons (Fsp3) is 0.536. The molecule has 5 N–H and O–H groups in total. The summed E-state index contributed by atoms with van der Waals surface area (Å²) in [5.74, 6) is 1.33. The molecule has 41 heavy (non-hydrogen) atoms. The van der Waals surface area contributed by atoms with Gasteiger partial charge < -0.3 is 35.6 Å². The van der Waals surface area contributed by atoms with E-state index in [4.69, 9.17) is 15.2 Å². The molecule has 0 bridgehead atoms. The minimum absolute atomic E-state index is 0.0994. The van der Waals surface area contributed by atoms with Gasteiger partial charge in [0.05, 0.1) is 6.33 Å². The van der Waals surface area contributed by atoms with Gasteiger partial charge in [-0.3, -0.25) is 9.36 Å². The van der Waals surface area contributed by atoms with Crippen LogP contribution in [0, 0.1) is 5.92 Å². The van der Waals surface area contributed by atoms with Gasteiger partial charge in [-0.15, -0.1) is 0 Å². The molecule has 0 radical (unpaired) electrons. The summed E-state index contributed by atoms with van der Waals surface area (Å²) >= 11 is 0. The lowest BCUT2D eigenvalue weighted by atomic mass is 9.91. The Labute approximate surface area is 236 Å². The molecule has 218 valence electrons. The smallest absolute Gasteiger partial charge is 0.410 e. The highest BCUT2D eigenvalue weighted by Crippen LogP contribution is 2.33. The van der Waals surface area contributed by atoms with Gasteiger partial charge in [-0.25, -0.2) is 19.7 Å². The summed E-state index contributed by atoms with van der Waals surface area (Å²) in [6.07, 6.45) is 2.09. The average Bonchev–Trinajstić information content (AvgIpc) is 3.61. The van der Waals surface area contributed by atoms with Gasteiger partial charge in [-0.1, -0.05) is 18.2 Å². The second kappa shape index (κ2) is 11.6. The molecule has 3 aliphatic rings. The molecule has 2 saturated heterocycles. The van der Waals surface area contributed by atoms with Gasteiger partial charge in [0.2, 0.25) is 0 Å². The number of likely N-dealkylation sites (tertiary alicyclic amines) is 1. The number of nitrogens with two attached hydrogens (primary N) is 1. The minimum Gasteiger partial charge on any atom is -0.410 e. The first-order chi connectivity index (χ1) is 19.9. The first kappa shape index (κ1) is 27.4. The van der Waals surface area contributed by atoms with Crippen molar-refractivity contribution in [3.63, 3.8) is 0 Å². The Bertz CT molecular complexity index is 1390. The topological polar surface area (TPSA) is 178 Å². The largest absolute Gasteiger partial charge is 0.415 e. The maximum absolute atomic E-state index is 12.5. The van der Waals surface area contributed by atoms with Gasteiger partial charge >= 0.3 is 6.09 Å². The highest BCUT2D eigenvalue weighted by atomic mass is 16.6. The Kier molecular flexibility index (Phi) is 7.73. The monoisotopic (exact) mass is 565 g/mol. The third kappa shape index (κ3) is 5.97. The van der Waals surface area contributed by atoms with Gasteiger partial charge in [0, 0.05) is 25.6 Å². The molecule has 2 aromatic heterocycles. The van der Waals surface area contributed by atoms with E-state index in [1.54, 1.807) is 17.0 Å². The molecule has 0 spiro atoms. The average molecular weight is 566 g/mol. The van der Waals surface area contributed by atoms with E-state index in [0.717, 1.165) is 38.5 Å². The Morgan fingerprint density at radius 1 is 1.07 bits per heavy atom. The van der Waals surface area contributed by atoms with E-state index < -0.39 is 30.4 Å². The van der Waals surface area contributed by atoms with Crippen LogP contribution in [-0.4, -0.2) is 84.1 Å². The lowest BCUT2D eigenvalue weighted by Crippen LogP contribution is -2.43. The SMILES string of the molecule is Nc1nc(CCCC2CCN(C(=O)Oc3ccccc3)CC2)nc2c1ncn2[C@@H]1O[C@H](C(=O)NC2CC2)[C@@H](O)[C@H]1O. The van der Waals surface area contributed by atoms with Crippen molar-refractivity contribution in [3.8, 4) is 5.75 Å². The normalized spacial score (nSPS) is 25.0. The second-order valence-corrected chi connectivity index (χ2v) is 11.1. The van der Waals surface area contributed by atoms with Crippen LogP contribution < -0.4 is 15.8 Å². The third-order valence-corrected chi connectivity index (χ3v) is 8.02. The standard InChI is InChI=1S/C28H35N7O6/c29-24-20-25(35(15-30-20)27-22(37)21(36)23(41-27)26(38)31-17-9-10-17)33-19(32-24)8-4-5-16-11-13-34(14-12-16)28(39)40-18-6-2-1-3-7-18/h1-3,6-7,15-17,21-23,27,36-37H,4-5,8-14H2,(H,31,38)(H2,29,32,33)/t21-,22+,23-,27+/m0/s1. The number of aliphatic hydroxyl groups excluding tert-OH is 2. The number of aliphatic hydroxyl groups is 2. The van der Waals surface area contributed by atoms with Crippen LogP contribution in [0.1, 0.15) is 50.6 Å². The van der Waals surface area contributed by atoms with Crippen LogP contribution in [0.4, 0.5) is 10.6 Å². The summed E-state index contributed by atoms with van der Waals surface area (Å²) in [7, 11) is 0. The summed E-state index contributed by atoms with van der Waals surface area (Å²) in [6, 6.07) is 9.17. The van der Waals surface area contributed by atoms with Crippen LogP contribution in [0.5, 0.6) is 5.75 Å². The summed E-state index contributed by atoms with van der Waals surface area (Å²) < 4.78 is 12.8. The number of carbonyl (C=O) groups excluding carboxylic acids is 2. The fourth-order valence-corrected chi connectivity index (χ4v) is 5.51. The highest BCUT2D eigenvalue weighted by molar-refractivity contribution is 5.83. The van der Waals surface area contributed by atoms with E-state index in [-0.39, 0.29) is 18.0 Å². The molecule has 13 nitrogen and oxygen atoms in total. The highest BCUT2D eigenvalue weighted by Gasteiger charge is 2.48. The summed E-state index contributed by atoms with van der Waals surface area (Å²) in [5, 5.41) is 24.0. The van der Waals surface area contributed by atoms with Gasteiger partial charge in [0.15, 0.2) is 23.8 Å². The number of nitrogens with one attached hydrogen (secondary N) is 1. The summed E-state index contributed by atoms with van der Waals surface area (Å²) in [4.78, 5) is 40.1. The molecule has 1 saturated carbocycles. The van der Waals surface area contributed by atoms with Crippen LogP contribution >= 0.6 is 0 Å². The molecular weight excluding hydrogens is 530 g/mol. The maximum Gasteiger partial charge on any atom is 0.415 e. The quantitative estimate of drug-likeness (QED) is 0.313. The Hall–Kier alpha value is -3.81. The van der Waals surface area contributed by atoms with Crippen LogP contribution in [-0.2, 0) is 16.0 Å². The van der Waals surface area contributed by atoms with Crippen LogP contribution in [0.25, 0.3) is 11.2 Å². The summed E-state index contributed by atoms with van der Waals surface area (Å²) in [5.41, 5.74) is 6.92. The zero-order chi connectivity index (χ0) is 28.5. The van der Waals surface area contributed by atoms with Gasteiger partial charge in [-0.05, 0) is 56.6 Å². The molecular formula is C28H35N7O6. The number of amides is 2. The van der Waals surface area contributed by atoms with Crippen molar-refractivity contribution >= 4 is 29.0 Å². The molecule has 2 amide bonds. The number of ether oxygens (including phenoxy) is 2. The molecule has 1 aromatic carbocycles. The number of carbonyl (C=O) groups is 2. The summed E-state index contributed by atoms with van der Waals surface area (Å²) in [6.45, 7) is 1.31. The number of para-hydroxylation sites is 1. The molecule has 4 atom stereocenters. The lowest BCUT2D eigenvalue weighted by Gasteiger charge is -2.31. The van der Waals surface area contributed by atoms with Crippen LogP contribution in [0.2, 0.25) is 0 Å². The van der Waals surface area contributed by atoms with E-state index in [9.17, 15) is 19.8 Å². The lowest BCUT2D eigenvalue weighted by molar-refractivity contribution is -0.137. The molecule has 0 unspecified atom stereocenters. The first-order valence-electron chi connectivity index (χ1n) is 14.2. The maximum atomic E-state index is 12.5. The van der Waals surface area contributed by atoms with E-state index in [1.165, 1.54) is 10.9 Å². The number of anilines is 1. The molecule has 6 rings (SSSR count). The van der Waals surface area contributed by atoms with E-state index in [1.807, 2.05) is 18.2 Å². The Morgan fingerprint density at radius 3 is 2.56 bits per heavy atom. The van der Waals surface area contributed by atoms with Crippen molar-refractivity contribution < 1.29 is 29.3 Å². The zero-order valence-corrected chi connectivity index (χ0v) is 22.6. The second-order valence-electron chi connectivity index (χ2n) is 11.1. The predicted molar refractivity (Wildman–Crippen MR) is 147 cm³/mol.